The average molecular weight is 296 g/mol. The summed E-state index contributed by atoms with van der Waals surface area (Å²) in [7, 11) is 0. The monoisotopic (exact) mass is 295 g/mol. The highest BCUT2D eigenvalue weighted by Crippen LogP contribution is 2.25. The lowest BCUT2D eigenvalue weighted by Crippen LogP contribution is -2.22. The van der Waals surface area contributed by atoms with Crippen LogP contribution in [0.1, 0.15) is 18.9 Å². The quantitative estimate of drug-likeness (QED) is 0.827. The highest BCUT2D eigenvalue weighted by atomic mass is 35.5. The summed E-state index contributed by atoms with van der Waals surface area (Å²) in [6.07, 6.45) is 0.922. The Morgan fingerprint density at radius 1 is 1.32 bits per heavy atom. The van der Waals surface area contributed by atoms with E-state index >= 15 is 0 Å². The van der Waals surface area contributed by atoms with Crippen molar-refractivity contribution in [3.05, 3.63) is 34.3 Å². The Kier molecular flexibility index (Phi) is 5.31. The molecule has 0 amide bonds. The van der Waals surface area contributed by atoms with E-state index in [0.717, 1.165) is 40.1 Å². The molecule has 2 rings (SSSR count). The average Bonchev–Trinajstić information content (AvgIpc) is 2.83. The normalized spacial score (nSPS) is 11.2. The van der Waals surface area contributed by atoms with E-state index in [-0.39, 0.29) is 0 Å². The molecule has 0 aliphatic rings. The molecular formula is C14H18ClN3S. The minimum atomic E-state index is 0.677. The summed E-state index contributed by atoms with van der Waals surface area (Å²) in [6, 6.07) is 7.72. The Labute approximate surface area is 123 Å². The number of nitrogens with one attached hydrogen (secondary N) is 1. The maximum atomic E-state index is 5.98. The van der Waals surface area contributed by atoms with E-state index in [4.69, 9.17) is 11.6 Å². The van der Waals surface area contributed by atoms with Gasteiger partial charge in [-0.2, -0.15) is 0 Å². The summed E-state index contributed by atoms with van der Waals surface area (Å²) >= 11 is 7.61. The molecule has 3 nitrogen and oxygen atoms in total. The van der Waals surface area contributed by atoms with Crippen molar-refractivity contribution in [3.63, 3.8) is 0 Å². The largest absolute Gasteiger partial charge is 0.316 e. The molecule has 0 radical (unpaired) electrons. The second-order valence-corrected chi connectivity index (χ2v) is 6.36. The van der Waals surface area contributed by atoms with Gasteiger partial charge < -0.3 is 5.32 Å². The number of benzene rings is 1. The van der Waals surface area contributed by atoms with E-state index in [1.54, 1.807) is 11.3 Å². The molecule has 0 atom stereocenters. The summed E-state index contributed by atoms with van der Waals surface area (Å²) in [6.45, 7) is 6.40. The van der Waals surface area contributed by atoms with E-state index in [9.17, 15) is 0 Å². The molecule has 0 unspecified atom stereocenters. The summed E-state index contributed by atoms with van der Waals surface area (Å²) in [5.41, 5.74) is 1.03. The highest BCUT2D eigenvalue weighted by molar-refractivity contribution is 7.14. The maximum Gasteiger partial charge on any atom is 0.147 e. The Balaban J connectivity index is 1.92. The van der Waals surface area contributed by atoms with Gasteiger partial charge in [0, 0.05) is 23.6 Å². The predicted molar refractivity (Wildman–Crippen MR) is 81.8 cm³/mol. The number of aromatic nitrogens is 2. The van der Waals surface area contributed by atoms with Gasteiger partial charge in [0.2, 0.25) is 0 Å². The van der Waals surface area contributed by atoms with Gasteiger partial charge in [0.1, 0.15) is 10.0 Å². The van der Waals surface area contributed by atoms with Crippen molar-refractivity contribution >= 4 is 22.9 Å². The van der Waals surface area contributed by atoms with Crippen LogP contribution in [-0.2, 0) is 6.42 Å². The second-order valence-electron chi connectivity index (χ2n) is 4.86. The summed E-state index contributed by atoms with van der Waals surface area (Å²) in [4.78, 5) is 0. The third kappa shape index (κ3) is 4.56. The fourth-order valence-electron chi connectivity index (χ4n) is 1.68. The smallest absolute Gasteiger partial charge is 0.147 e. The molecule has 0 aliphatic carbocycles. The molecule has 0 saturated carbocycles. The highest BCUT2D eigenvalue weighted by Gasteiger charge is 2.06. The topological polar surface area (TPSA) is 37.8 Å². The van der Waals surface area contributed by atoms with E-state index in [1.165, 1.54) is 0 Å². The van der Waals surface area contributed by atoms with Crippen LogP contribution in [-0.4, -0.2) is 23.3 Å². The number of nitrogens with zero attached hydrogens (tertiary/aromatic N) is 2. The first-order valence-corrected chi connectivity index (χ1v) is 7.63. The van der Waals surface area contributed by atoms with Gasteiger partial charge in [0.15, 0.2) is 0 Å². The molecule has 2 aromatic rings. The second kappa shape index (κ2) is 6.98. The maximum absolute atomic E-state index is 5.98. The summed E-state index contributed by atoms with van der Waals surface area (Å²) in [5.74, 6) is 0.677. The van der Waals surface area contributed by atoms with E-state index < -0.39 is 0 Å². The molecule has 19 heavy (non-hydrogen) atoms. The van der Waals surface area contributed by atoms with Crippen molar-refractivity contribution in [1.29, 1.82) is 0 Å². The molecule has 1 aromatic heterocycles. The van der Waals surface area contributed by atoms with Crippen LogP contribution in [0.4, 0.5) is 0 Å². The van der Waals surface area contributed by atoms with Crippen molar-refractivity contribution in [1.82, 2.24) is 15.5 Å². The van der Waals surface area contributed by atoms with Crippen molar-refractivity contribution < 1.29 is 0 Å². The zero-order valence-corrected chi connectivity index (χ0v) is 12.8. The van der Waals surface area contributed by atoms with Crippen LogP contribution in [0.5, 0.6) is 0 Å². The Bertz CT molecular complexity index is 525. The molecule has 1 N–H and O–H groups in total. The Morgan fingerprint density at radius 3 is 2.89 bits per heavy atom. The van der Waals surface area contributed by atoms with Crippen LogP contribution >= 0.6 is 22.9 Å². The van der Waals surface area contributed by atoms with Gasteiger partial charge in [-0.25, -0.2) is 0 Å². The molecule has 1 aromatic carbocycles. The number of hydrogen-bond donors (Lipinski definition) is 1. The standard InChI is InChI=1S/C14H18ClN3S/c1-10(2)9-16-7-6-13-17-18-14(19-13)11-4-3-5-12(15)8-11/h3-5,8,10,16H,6-7,9H2,1-2H3. The first kappa shape index (κ1) is 14.4. The zero-order valence-electron chi connectivity index (χ0n) is 11.2. The Hall–Kier alpha value is -0.970. The van der Waals surface area contributed by atoms with Gasteiger partial charge in [-0.05, 0) is 24.6 Å². The number of hydrogen-bond acceptors (Lipinski definition) is 4. The third-order valence-corrected chi connectivity index (χ3v) is 3.87. The van der Waals surface area contributed by atoms with Crippen LogP contribution in [0.15, 0.2) is 24.3 Å². The molecule has 5 heteroatoms. The molecule has 0 saturated heterocycles. The van der Waals surface area contributed by atoms with Gasteiger partial charge in [-0.1, -0.05) is 48.9 Å². The van der Waals surface area contributed by atoms with Gasteiger partial charge in [-0.15, -0.1) is 10.2 Å². The molecule has 0 spiro atoms. The van der Waals surface area contributed by atoms with Crippen LogP contribution in [0.2, 0.25) is 5.02 Å². The fourth-order valence-corrected chi connectivity index (χ4v) is 2.70. The minimum Gasteiger partial charge on any atom is -0.316 e. The van der Waals surface area contributed by atoms with Crippen molar-refractivity contribution in [3.8, 4) is 10.6 Å². The lowest BCUT2D eigenvalue weighted by molar-refractivity contribution is 0.553. The van der Waals surface area contributed by atoms with Crippen LogP contribution in [0, 0.1) is 5.92 Å². The first-order chi connectivity index (χ1) is 9.15. The summed E-state index contributed by atoms with van der Waals surface area (Å²) < 4.78 is 0. The molecule has 102 valence electrons. The predicted octanol–water partition coefficient (Wildman–Crippen LogP) is 3.65. The van der Waals surface area contributed by atoms with E-state index in [0.29, 0.717) is 5.92 Å². The molecule has 0 aliphatic heterocycles. The van der Waals surface area contributed by atoms with Crippen molar-refractivity contribution in [2.45, 2.75) is 20.3 Å². The third-order valence-electron chi connectivity index (χ3n) is 2.61. The lowest BCUT2D eigenvalue weighted by atomic mass is 10.2. The zero-order chi connectivity index (χ0) is 13.7. The Morgan fingerprint density at radius 2 is 2.16 bits per heavy atom. The first-order valence-electron chi connectivity index (χ1n) is 6.44. The van der Waals surface area contributed by atoms with E-state index in [1.807, 2.05) is 24.3 Å². The van der Waals surface area contributed by atoms with Crippen LogP contribution in [0.25, 0.3) is 10.6 Å². The van der Waals surface area contributed by atoms with Gasteiger partial charge in [0.25, 0.3) is 0 Å². The van der Waals surface area contributed by atoms with Gasteiger partial charge >= 0.3 is 0 Å². The molecule has 0 fully saturated rings. The van der Waals surface area contributed by atoms with Crippen molar-refractivity contribution in [2.24, 2.45) is 5.92 Å². The van der Waals surface area contributed by atoms with Gasteiger partial charge in [0.05, 0.1) is 0 Å². The van der Waals surface area contributed by atoms with Gasteiger partial charge in [-0.3, -0.25) is 0 Å². The van der Waals surface area contributed by atoms with Crippen LogP contribution < -0.4 is 5.32 Å². The number of rotatable bonds is 6. The number of halogens is 1. The molecule has 1 heterocycles. The van der Waals surface area contributed by atoms with E-state index in [2.05, 4.69) is 29.4 Å². The summed E-state index contributed by atoms with van der Waals surface area (Å²) in [5, 5.41) is 14.6. The fraction of sp³-hybridized carbons (Fsp3) is 0.429. The SMILES string of the molecule is CC(C)CNCCc1nnc(-c2cccc(Cl)c2)s1. The molecular weight excluding hydrogens is 278 g/mol. The van der Waals surface area contributed by atoms with Crippen molar-refractivity contribution in [2.75, 3.05) is 13.1 Å². The molecule has 0 bridgehead atoms. The lowest BCUT2D eigenvalue weighted by Gasteiger charge is -2.05. The minimum absolute atomic E-state index is 0.677. The van der Waals surface area contributed by atoms with Crippen LogP contribution in [0.3, 0.4) is 0 Å².